The molecule has 0 spiro atoms. The molecule has 1 unspecified atom stereocenters. The van der Waals surface area contributed by atoms with Crippen molar-refractivity contribution in [2.45, 2.75) is 31.7 Å². The fraction of sp³-hybridized carbons (Fsp3) is 0.280. The molecule has 5 nitrogen and oxygen atoms in total. The maximum Gasteiger partial charge on any atom is 0.416 e. The van der Waals surface area contributed by atoms with Gasteiger partial charge in [0.1, 0.15) is 0 Å². The summed E-state index contributed by atoms with van der Waals surface area (Å²) in [7, 11) is 1.28. The number of fused-ring (bicyclic) bond motifs is 1. The van der Waals surface area contributed by atoms with Crippen LogP contribution in [0.15, 0.2) is 60.8 Å². The summed E-state index contributed by atoms with van der Waals surface area (Å²) in [5.74, 6) is -1.68. The number of aromatic nitrogens is 1. The second kappa shape index (κ2) is 10.5. The molecular formula is C25H22F6N2O3. The van der Waals surface area contributed by atoms with Crippen LogP contribution >= 0.6 is 0 Å². The number of H-pyrrole nitrogens is 1. The standard InChI is InChI=1S/C25H22F6N2O3/c1-3-36-22(34)10-6-9-21(19-14-32-20-8-5-4-7-18(19)20)33(2)23(35)15-11-16(24(26,27)28)13-17(12-15)25(29,30)31/h4-8,10-14,21,32H,3,9H2,1-2H3. The fourth-order valence-corrected chi connectivity index (χ4v) is 3.77. The van der Waals surface area contributed by atoms with E-state index >= 15 is 0 Å². The van der Waals surface area contributed by atoms with Crippen LogP contribution in [0.2, 0.25) is 0 Å². The van der Waals surface area contributed by atoms with Gasteiger partial charge in [-0.15, -0.1) is 0 Å². The second-order valence-electron chi connectivity index (χ2n) is 7.91. The van der Waals surface area contributed by atoms with Gasteiger partial charge in [0.15, 0.2) is 0 Å². The number of alkyl halides is 6. The van der Waals surface area contributed by atoms with Gasteiger partial charge in [0.05, 0.1) is 23.8 Å². The number of carbonyl (C=O) groups is 2. The smallest absolute Gasteiger partial charge is 0.416 e. The zero-order valence-corrected chi connectivity index (χ0v) is 19.2. The van der Waals surface area contributed by atoms with Crippen molar-refractivity contribution < 1.29 is 40.7 Å². The normalized spacial score (nSPS) is 13.2. The van der Waals surface area contributed by atoms with Crippen molar-refractivity contribution in [3.8, 4) is 0 Å². The molecule has 1 aromatic heterocycles. The molecule has 1 amide bonds. The molecule has 0 aliphatic heterocycles. The van der Waals surface area contributed by atoms with Crippen LogP contribution in [-0.4, -0.2) is 35.4 Å². The van der Waals surface area contributed by atoms with Crippen LogP contribution in [-0.2, 0) is 21.9 Å². The Morgan fingerprint density at radius 1 is 1.03 bits per heavy atom. The van der Waals surface area contributed by atoms with Gasteiger partial charge in [-0.3, -0.25) is 4.79 Å². The van der Waals surface area contributed by atoms with Crippen molar-refractivity contribution >= 4 is 22.8 Å². The van der Waals surface area contributed by atoms with Crippen molar-refractivity contribution in [3.05, 3.63) is 83.1 Å². The summed E-state index contributed by atoms with van der Waals surface area (Å²) in [5.41, 5.74) is -2.65. The predicted molar refractivity (Wildman–Crippen MR) is 120 cm³/mol. The number of ether oxygens (including phenoxy) is 1. The molecule has 3 aromatic rings. The van der Waals surface area contributed by atoms with Gasteiger partial charge in [-0.05, 0) is 37.6 Å². The molecule has 192 valence electrons. The topological polar surface area (TPSA) is 62.4 Å². The summed E-state index contributed by atoms with van der Waals surface area (Å²) in [5, 5.41) is 0.701. The zero-order valence-electron chi connectivity index (χ0n) is 19.2. The Bertz CT molecular complexity index is 1240. The van der Waals surface area contributed by atoms with Gasteiger partial charge in [0.2, 0.25) is 0 Å². The number of amides is 1. The highest BCUT2D eigenvalue weighted by Gasteiger charge is 2.38. The molecule has 0 fully saturated rings. The molecule has 2 aromatic carbocycles. The van der Waals surface area contributed by atoms with Crippen molar-refractivity contribution in [3.63, 3.8) is 0 Å². The highest BCUT2D eigenvalue weighted by atomic mass is 19.4. The Kier molecular flexibility index (Phi) is 7.80. The van der Waals surface area contributed by atoms with E-state index in [1.807, 2.05) is 0 Å². The van der Waals surface area contributed by atoms with E-state index in [4.69, 9.17) is 4.74 Å². The van der Waals surface area contributed by atoms with Gasteiger partial charge in [-0.25, -0.2) is 4.79 Å². The van der Waals surface area contributed by atoms with E-state index < -0.39 is 47.0 Å². The SMILES string of the molecule is CCOC(=O)C=CCC(c1c[nH]c2ccccc12)N(C)C(=O)c1cc(C(F)(F)F)cc(C(F)(F)F)c1. The molecule has 0 bridgehead atoms. The van der Waals surface area contributed by atoms with Crippen LogP contribution in [0, 0.1) is 0 Å². The van der Waals surface area contributed by atoms with E-state index in [1.165, 1.54) is 13.1 Å². The predicted octanol–water partition coefficient (Wildman–Crippen LogP) is 6.53. The third kappa shape index (κ3) is 6.07. The Morgan fingerprint density at radius 2 is 1.64 bits per heavy atom. The van der Waals surface area contributed by atoms with Crippen LogP contribution in [0.25, 0.3) is 10.9 Å². The molecule has 11 heteroatoms. The Morgan fingerprint density at radius 3 is 2.22 bits per heavy atom. The van der Waals surface area contributed by atoms with Crippen LogP contribution in [0.3, 0.4) is 0 Å². The van der Waals surface area contributed by atoms with Crippen LogP contribution in [0.1, 0.15) is 46.4 Å². The highest BCUT2D eigenvalue weighted by molar-refractivity contribution is 5.95. The lowest BCUT2D eigenvalue weighted by Gasteiger charge is -2.28. The van der Waals surface area contributed by atoms with Crippen molar-refractivity contribution in [1.29, 1.82) is 0 Å². The number of para-hydroxylation sites is 1. The lowest BCUT2D eigenvalue weighted by Crippen LogP contribution is -2.31. The lowest BCUT2D eigenvalue weighted by molar-refractivity contribution is -0.143. The zero-order chi connectivity index (χ0) is 26.7. The number of benzene rings is 2. The maximum atomic E-state index is 13.3. The molecule has 0 aliphatic rings. The minimum atomic E-state index is -5.09. The third-order valence-corrected chi connectivity index (χ3v) is 5.50. The monoisotopic (exact) mass is 512 g/mol. The Hall–Kier alpha value is -3.76. The van der Waals surface area contributed by atoms with Gasteiger partial charge in [0, 0.05) is 41.4 Å². The number of halogens is 6. The quantitative estimate of drug-likeness (QED) is 0.223. The van der Waals surface area contributed by atoms with E-state index in [1.54, 1.807) is 37.4 Å². The summed E-state index contributed by atoms with van der Waals surface area (Å²) >= 11 is 0. The highest BCUT2D eigenvalue weighted by Crippen LogP contribution is 2.37. The molecule has 3 rings (SSSR count). The first-order chi connectivity index (χ1) is 16.8. The van der Waals surface area contributed by atoms with E-state index in [2.05, 4.69) is 4.98 Å². The number of aromatic amines is 1. The van der Waals surface area contributed by atoms with Crippen molar-refractivity contribution in [2.75, 3.05) is 13.7 Å². The average molecular weight is 512 g/mol. The van der Waals surface area contributed by atoms with E-state index in [-0.39, 0.29) is 19.1 Å². The number of nitrogens with zero attached hydrogens (tertiary/aromatic N) is 1. The lowest BCUT2D eigenvalue weighted by atomic mass is 9.99. The summed E-state index contributed by atoms with van der Waals surface area (Å²) in [6.07, 6.45) is -5.96. The summed E-state index contributed by atoms with van der Waals surface area (Å²) in [6, 6.07) is 6.98. The van der Waals surface area contributed by atoms with Crippen LogP contribution in [0.4, 0.5) is 26.3 Å². The molecule has 1 N–H and O–H groups in total. The molecule has 36 heavy (non-hydrogen) atoms. The van der Waals surface area contributed by atoms with Gasteiger partial charge >= 0.3 is 18.3 Å². The van der Waals surface area contributed by atoms with Gasteiger partial charge in [-0.1, -0.05) is 24.3 Å². The molecule has 0 radical (unpaired) electrons. The summed E-state index contributed by atoms with van der Waals surface area (Å²) in [6.45, 7) is 1.77. The second-order valence-corrected chi connectivity index (χ2v) is 7.91. The summed E-state index contributed by atoms with van der Waals surface area (Å²) in [4.78, 5) is 29.0. The molecule has 0 aliphatic carbocycles. The number of nitrogens with one attached hydrogen (secondary N) is 1. The minimum absolute atomic E-state index is 0.0317. The van der Waals surface area contributed by atoms with Gasteiger partial charge < -0.3 is 14.6 Å². The number of esters is 1. The van der Waals surface area contributed by atoms with Crippen molar-refractivity contribution in [1.82, 2.24) is 9.88 Å². The van der Waals surface area contributed by atoms with Crippen molar-refractivity contribution in [2.24, 2.45) is 0 Å². The van der Waals surface area contributed by atoms with E-state index in [0.717, 1.165) is 11.0 Å². The number of hydrogen-bond donors (Lipinski definition) is 1. The van der Waals surface area contributed by atoms with E-state index in [9.17, 15) is 35.9 Å². The Labute approximate surface area is 202 Å². The number of carbonyl (C=O) groups excluding carboxylic acids is 2. The molecule has 0 saturated heterocycles. The summed E-state index contributed by atoms with van der Waals surface area (Å²) < 4.78 is 84.7. The first-order valence-electron chi connectivity index (χ1n) is 10.8. The maximum absolute atomic E-state index is 13.3. The molecule has 0 saturated carbocycles. The van der Waals surface area contributed by atoms with E-state index in [0.29, 0.717) is 28.6 Å². The van der Waals surface area contributed by atoms with Crippen LogP contribution < -0.4 is 0 Å². The van der Waals surface area contributed by atoms with Gasteiger partial charge in [0.25, 0.3) is 5.91 Å². The van der Waals surface area contributed by atoms with Crippen LogP contribution in [0.5, 0.6) is 0 Å². The van der Waals surface area contributed by atoms with Gasteiger partial charge in [-0.2, -0.15) is 26.3 Å². The number of rotatable bonds is 7. The number of hydrogen-bond acceptors (Lipinski definition) is 3. The molecule has 1 atom stereocenters. The first kappa shape index (κ1) is 26.8. The largest absolute Gasteiger partial charge is 0.463 e. The third-order valence-electron chi connectivity index (χ3n) is 5.50. The average Bonchev–Trinajstić information content (AvgIpc) is 3.23. The molecule has 1 heterocycles. The minimum Gasteiger partial charge on any atom is -0.463 e. The Balaban J connectivity index is 2.05. The fourth-order valence-electron chi connectivity index (χ4n) is 3.77. The first-order valence-corrected chi connectivity index (χ1v) is 10.8. The molecular weight excluding hydrogens is 490 g/mol.